The molecule has 6 nitrogen and oxygen atoms in total. The Kier molecular flexibility index (Phi) is 3.69. The number of hydrogen-bond acceptors (Lipinski definition) is 6. The van der Waals surface area contributed by atoms with Crippen LogP contribution in [-0.2, 0) is 0 Å². The molecule has 0 aliphatic heterocycles. The summed E-state index contributed by atoms with van der Waals surface area (Å²) in [5.74, 6) is 1.48. The van der Waals surface area contributed by atoms with Crippen LogP contribution in [0.25, 0.3) is 11.2 Å². The van der Waals surface area contributed by atoms with Crippen LogP contribution < -0.4 is 10.6 Å². The van der Waals surface area contributed by atoms with E-state index in [1.807, 2.05) is 54.6 Å². The summed E-state index contributed by atoms with van der Waals surface area (Å²) in [6.45, 7) is 0. The summed E-state index contributed by atoms with van der Waals surface area (Å²) in [4.78, 5) is 17.2. The molecule has 0 radical (unpaired) electrons. The van der Waals surface area contributed by atoms with Gasteiger partial charge in [0.15, 0.2) is 5.65 Å². The minimum Gasteiger partial charge on any atom is -0.340 e. The molecule has 3 heterocycles. The second kappa shape index (κ2) is 6.29. The normalized spacial score (nSPS) is 10.5. The minimum absolute atomic E-state index is 0.609. The van der Waals surface area contributed by atoms with Gasteiger partial charge in [0, 0.05) is 18.1 Å². The Labute approximate surface area is 138 Å². The number of aromatic nitrogens is 4. The fourth-order valence-corrected chi connectivity index (χ4v) is 2.28. The molecule has 3 aromatic heterocycles. The molecule has 0 aliphatic rings. The van der Waals surface area contributed by atoms with Crippen LogP contribution in [0.1, 0.15) is 0 Å². The topological polar surface area (TPSA) is 75.6 Å². The smallest absolute Gasteiger partial charge is 0.180 e. The Hall–Kier alpha value is -3.54. The fraction of sp³-hybridized carbons (Fsp3) is 0. The van der Waals surface area contributed by atoms with Crippen molar-refractivity contribution in [3.05, 3.63) is 73.2 Å². The highest BCUT2D eigenvalue weighted by Crippen LogP contribution is 2.19. The first-order valence-electron chi connectivity index (χ1n) is 7.50. The number of anilines is 4. The van der Waals surface area contributed by atoms with Crippen molar-refractivity contribution in [1.29, 1.82) is 0 Å². The van der Waals surface area contributed by atoms with Gasteiger partial charge in [-0.05, 0) is 36.4 Å². The molecule has 0 unspecified atom stereocenters. The molecule has 0 fully saturated rings. The fourth-order valence-electron chi connectivity index (χ4n) is 2.28. The number of nitrogens with zero attached hydrogens (tertiary/aromatic N) is 4. The third-order valence-electron chi connectivity index (χ3n) is 3.41. The highest BCUT2D eigenvalue weighted by atomic mass is 15.0. The van der Waals surface area contributed by atoms with Crippen molar-refractivity contribution < 1.29 is 0 Å². The van der Waals surface area contributed by atoms with Crippen LogP contribution in [0.5, 0.6) is 0 Å². The number of benzene rings is 1. The third kappa shape index (κ3) is 3.12. The molecule has 1 aromatic carbocycles. The number of nitrogens with one attached hydrogen (secondary N) is 2. The number of hydrogen-bond donors (Lipinski definition) is 2. The Balaban J connectivity index is 1.50. The van der Waals surface area contributed by atoms with E-state index in [0.717, 1.165) is 22.7 Å². The Morgan fingerprint density at radius 1 is 0.625 bits per heavy atom. The van der Waals surface area contributed by atoms with Gasteiger partial charge >= 0.3 is 0 Å². The van der Waals surface area contributed by atoms with Crippen LogP contribution in [0.4, 0.5) is 23.0 Å². The van der Waals surface area contributed by atoms with Crippen molar-refractivity contribution >= 4 is 34.2 Å². The zero-order chi connectivity index (χ0) is 16.2. The van der Waals surface area contributed by atoms with Gasteiger partial charge in [0.25, 0.3) is 0 Å². The molecule has 2 N–H and O–H groups in total. The van der Waals surface area contributed by atoms with E-state index < -0.39 is 0 Å². The van der Waals surface area contributed by atoms with Crippen molar-refractivity contribution in [3.63, 3.8) is 0 Å². The van der Waals surface area contributed by atoms with E-state index in [9.17, 15) is 0 Å². The summed E-state index contributed by atoms with van der Waals surface area (Å²) in [5, 5.41) is 6.46. The van der Waals surface area contributed by atoms with Crippen molar-refractivity contribution in [2.24, 2.45) is 0 Å². The Morgan fingerprint density at radius 2 is 1.42 bits per heavy atom. The second-order valence-corrected chi connectivity index (χ2v) is 5.14. The second-order valence-electron chi connectivity index (χ2n) is 5.14. The molecule has 0 spiro atoms. The van der Waals surface area contributed by atoms with Gasteiger partial charge in [0.05, 0.1) is 11.9 Å². The van der Waals surface area contributed by atoms with Gasteiger partial charge in [-0.25, -0.2) is 15.0 Å². The zero-order valence-electron chi connectivity index (χ0n) is 12.7. The van der Waals surface area contributed by atoms with Crippen molar-refractivity contribution in [1.82, 2.24) is 19.9 Å². The molecule has 24 heavy (non-hydrogen) atoms. The highest BCUT2D eigenvalue weighted by molar-refractivity contribution is 5.73. The Morgan fingerprint density at radius 3 is 2.25 bits per heavy atom. The summed E-state index contributed by atoms with van der Waals surface area (Å²) < 4.78 is 0. The molecule has 0 aliphatic carbocycles. The molecule has 0 amide bonds. The monoisotopic (exact) mass is 314 g/mol. The van der Waals surface area contributed by atoms with Crippen LogP contribution in [0.15, 0.2) is 73.2 Å². The maximum atomic E-state index is 4.43. The van der Waals surface area contributed by atoms with Crippen LogP contribution >= 0.6 is 0 Å². The lowest BCUT2D eigenvalue weighted by molar-refractivity contribution is 1.22. The van der Waals surface area contributed by atoms with Crippen molar-refractivity contribution in [2.75, 3.05) is 10.6 Å². The summed E-state index contributed by atoms with van der Waals surface area (Å²) in [6, 6.07) is 17.5. The number of pyridine rings is 2. The molecule has 0 bridgehead atoms. The summed E-state index contributed by atoms with van der Waals surface area (Å²) in [7, 11) is 0. The highest BCUT2D eigenvalue weighted by Gasteiger charge is 2.01. The number of para-hydroxylation sites is 1. The lowest BCUT2D eigenvalue weighted by atomic mass is 10.3. The quantitative estimate of drug-likeness (QED) is 0.595. The SMILES string of the molecule is c1ccc(Nc2ccc(Nc3ccc4nccnc4n3)cn2)cc1. The van der Waals surface area contributed by atoms with Gasteiger partial charge in [0.2, 0.25) is 0 Å². The summed E-state index contributed by atoms with van der Waals surface area (Å²) in [6.07, 6.45) is 5.04. The first-order valence-corrected chi connectivity index (χ1v) is 7.50. The van der Waals surface area contributed by atoms with E-state index in [0.29, 0.717) is 11.5 Å². The van der Waals surface area contributed by atoms with E-state index in [1.165, 1.54) is 0 Å². The predicted octanol–water partition coefficient (Wildman–Crippen LogP) is 3.91. The molecule has 0 saturated carbocycles. The molecule has 6 heteroatoms. The van der Waals surface area contributed by atoms with Crippen molar-refractivity contribution in [2.45, 2.75) is 0 Å². The van der Waals surface area contributed by atoms with Crippen LogP contribution in [-0.4, -0.2) is 19.9 Å². The number of fused-ring (bicyclic) bond motifs is 1. The maximum Gasteiger partial charge on any atom is 0.180 e. The maximum absolute atomic E-state index is 4.43. The lowest BCUT2D eigenvalue weighted by Crippen LogP contribution is -1.97. The van der Waals surface area contributed by atoms with Gasteiger partial charge in [-0.15, -0.1) is 0 Å². The van der Waals surface area contributed by atoms with Gasteiger partial charge < -0.3 is 10.6 Å². The van der Waals surface area contributed by atoms with E-state index in [-0.39, 0.29) is 0 Å². The average Bonchev–Trinajstić information content (AvgIpc) is 2.64. The van der Waals surface area contributed by atoms with E-state index in [2.05, 4.69) is 30.6 Å². The van der Waals surface area contributed by atoms with Gasteiger partial charge in [-0.2, -0.15) is 0 Å². The van der Waals surface area contributed by atoms with E-state index in [1.54, 1.807) is 18.6 Å². The summed E-state index contributed by atoms with van der Waals surface area (Å²) >= 11 is 0. The zero-order valence-corrected chi connectivity index (χ0v) is 12.7. The molecule has 0 atom stereocenters. The summed E-state index contributed by atoms with van der Waals surface area (Å²) in [5.41, 5.74) is 3.23. The molecule has 116 valence electrons. The van der Waals surface area contributed by atoms with Gasteiger partial charge in [-0.1, -0.05) is 18.2 Å². The number of rotatable bonds is 4. The molecule has 0 saturated heterocycles. The van der Waals surface area contributed by atoms with Crippen LogP contribution in [0.3, 0.4) is 0 Å². The minimum atomic E-state index is 0.609. The Bertz CT molecular complexity index is 954. The third-order valence-corrected chi connectivity index (χ3v) is 3.41. The standard InChI is InChI=1S/C18H14N6/c1-2-4-13(5-3-1)22-16-8-6-14(12-21-16)23-17-9-7-15-18(24-17)20-11-10-19-15/h1-12H,(H,21,22)(H,20,23,24). The van der Waals surface area contributed by atoms with E-state index in [4.69, 9.17) is 0 Å². The van der Waals surface area contributed by atoms with E-state index >= 15 is 0 Å². The first-order chi connectivity index (χ1) is 11.9. The molecule has 4 rings (SSSR count). The molecular formula is C18H14N6. The largest absolute Gasteiger partial charge is 0.340 e. The van der Waals surface area contributed by atoms with Crippen LogP contribution in [0, 0.1) is 0 Å². The predicted molar refractivity (Wildman–Crippen MR) is 94.6 cm³/mol. The van der Waals surface area contributed by atoms with Gasteiger partial charge in [-0.3, -0.25) is 4.98 Å². The molecule has 4 aromatic rings. The molecular weight excluding hydrogens is 300 g/mol. The van der Waals surface area contributed by atoms with Crippen molar-refractivity contribution in [3.8, 4) is 0 Å². The average molecular weight is 314 g/mol. The van der Waals surface area contributed by atoms with Crippen LogP contribution in [0.2, 0.25) is 0 Å². The van der Waals surface area contributed by atoms with Gasteiger partial charge in [0.1, 0.15) is 17.2 Å². The first kappa shape index (κ1) is 14.1. The lowest BCUT2D eigenvalue weighted by Gasteiger charge is -2.08.